The van der Waals surface area contributed by atoms with Crippen LogP contribution in [0.3, 0.4) is 0 Å². The lowest BCUT2D eigenvalue weighted by molar-refractivity contribution is -0.142. The molecule has 8 nitrogen and oxygen atoms in total. The Morgan fingerprint density at radius 1 is 1.32 bits per heavy atom. The molecule has 4 atom stereocenters. The summed E-state index contributed by atoms with van der Waals surface area (Å²) in [6.07, 6.45) is 3.07. The van der Waals surface area contributed by atoms with E-state index in [4.69, 9.17) is 9.47 Å². The third kappa shape index (κ3) is 4.42. The molecule has 0 bridgehead atoms. The number of rotatable bonds is 7. The predicted octanol–water partition coefficient (Wildman–Crippen LogP) is 0.969. The second-order valence-corrected chi connectivity index (χ2v) is 9.73. The number of aliphatic hydroxyl groups excluding tert-OH is 1. The van der Waals surface area contributed by atoms with Gasteiger partial charge < -0.3 is 19.9 Å². The van der Waals surface area contributed by atoms with Gasteiger partial charge in [0.25, 0.3) is 0 Å². The molecule has 1 aromatic carbocycles. The SMILES string of the molecule is CS(=O)(=O)Nc1ccc2c(c1)[C@@H]1C[C@@H](CC(=O)NCC3CC3)O[C@@H](CO)[C@@H]1O2. The molecule has 1 aliphatic carbocycles. The van der Waals surface area contributed by atoms with Crippen LogP contribution in [0.5, 0.6) is 5.75 Å². The van der Waals surface area contributed by atoms with Gasteiger partial charge in [-0.3, -0.25) is 9.52 Å². The Bertz CT molecular complexity index is 854. The summed E-state index contributed by atoms with van der Waals surface area (Å²) in [5.41, 5.74) is 1.35. The van der Waals surface area contributed by atoms with Gasteiger partial charge in [0, 0.05) is 23.7 Å². The first-order valence-corrected chi connectivity index (χ1v) is 11.5. The quantitative estimate of drug-likeness (QED) is 0.617. The fourth-order valence-electron chi connectivity index (χ4n) is 4.03. The van der Waals surface area contributed by atoms with Crippen LogP contribution in [-0.2, 0) is 19.6 Å². The summed E-state index contributed by atoms with van der Waals surface area (Å²) in [4.78, 5) is 12.2. The Kier molecular flexibility index (Phi) is 5.24. The normalized spacial score (nSPS) is 28.8. The smallest absolute Gasteiger partial charge is 0.229 e. The number of amides is 1. The molecule has 0 aromatic heterocycles. The molecule has 2 heterocycles. The van der Waals surface area contributed by atoms with Crippen molar-refractivity contribution in [3.8, 4) is 5.75 Å². The van der Waals surface area contributed by atoms with Crippen LogP contribution in [0, 0.1) is 5.92 Å². The standard InChI is InChI=1S/C19H26N2O6S/c1-28(24,25)21-12-4-5-16-14(6-12)15-7-13(26-17(10-22)19(15)27-16)8-18(23)20-9-11-2-3-11/h4-6,11,13,15,17,19,21-22H,2-3,7-10H2,1H3,(H,20,23)/t13-,15-,17-,19+/m0/s1. The summed E-state index contributed by atoms with van der Waals surface area (Å²) in [5.74, 6) is 1.17. The maximum Gasteiger partial charge on any atom is 0.229 e. The molecule has 9 heteroatoms. The van der Waals surface area contributed by atoms with Gasteiger partial charge in [-0.15, -0.1) is 0 Å². The second kappa shape index (κ2) is 7.53. The highest BCUT2D eigenvalue weighted by atomic mass is 32.2. The van der Waals surface area contributed by atoms with Crippen molar-refractivity contribution in [1.29, 1.82) is 0 Å². The van der Waals surface area contributed by atoms with Crippen molar-refractivity contribution >= 4 is 21.6 Å². The molecular formula is C19H26N2O6S. The molecule has 1 saturated carbocycles. The first kappa shape index (κ1) is 19.5. The molecule has 3 aliphatic rings. The minimum absolute atomic E-state index is 0.0429. The van der Waals surface area contributed by atoms with E-state index in [0.29, 0.717) is 30.3 Å². The summed E-state index contributed by atoms with van der Waals surface area (Å²) >= 11 is 0. The number of anilines is 1. The van der Waals surface area contributed by atoms with Gasteiger partial charge in [0.2, 0.25) is 15.9 Å². The van der Waals surface area contributed by atoms with Crippen LogP contribution in [0.1, 0.15) is 37.2 Å². The largest absolute Gasteiger partial charge is 0.487 e. The first-order valence-electron chi connectivity index (χ1n) is 9.64. The maximum absolute atomic E-state index is 12.2. The van der Waals surface area contributed by atoms with Crippen LogP contribution < -0.4 is 14.8 Å². The fraction of sp³-hybridized carbons (Fsp3) is 0.632. The van der Waals surface area contributed by atoms with E-state index in [-0.39, 0.29) is 37.1 Å². The molecular weight excluding hydrogens is 384 g/mol. The number of aliphatic hydroxyl groups is 1. The number of hydrogen-bond donors (Lipinski definition) is 3. The van der Waals surface area contributed by atoms with Gasteiger partial charge in [0.1, 0.15) is 18.0 Å². The Hall–Kier alpha value is -1.84. The number of benzene rings is 1. The molecule has 4 rings (SSSR count). The average molecular weight is 410 g/mol. The van der Waals surface area contributed by atoms with E-state index in [9.17, 15) is 18.3 Å². The molecule has 2 aliphatic heterocycles. The number of hydrogen-bond acceptors (Lipinski definition) is 6. The lowest BCUT2D eigenvalue weighted by Gasteiger charge is -2.37. The molecule has 0 unspecified atom stereocenters. The van der Waals surface area contributed by atoms with Crippen LogP contribution in [0.25, 0.3) is 0 Å². The third-order valence-corrected chi connectivity index (χ3v) is 6.11. The Labute approximate surface area is 164 Å². The summed E-state index contributed by atoms with van der Waals surface area (Å²) in [5, 5.41) is 12.7. The van der Waals surface area contributed by atoms with Crippen molar-refractivity contribution in [2.45, 2.75) is 49.9 Å². The highest BCUT2D eigenvalue weighted by Crippen LogP contribution is 2.47. The van der Waals surface area contributed by atoms with E-state index in [0.717, 1.165) is 11.8 Å². The second-order valence-electron chi connectivity index (χ2n) is 7.98. The maximum atomic E-state index is 12.2. The third-order valence-electron chi connectivity index (χ3n) is 5.50. The summed E-state index contributed by atoms with van der Waals surface area (Å²) in [7, 11) is -3.38. The highest BCUT2D eigenvalue weighted by Gasteiger charge is 2.46. The first-order chi connectivity index (χ1) is 13.3. The topological polar surface area (TPSA) is 114 Å². The number of nitrogens with one attached hydrogen (secondary N) is 2. The molecule has 0 radical (unpaired) electrons. The van der Waals surface area contributed by atoms with Gasteiger partial charge in [-0.1, -0.05) is 0 Å². The number of fused-ring (bicyclic) bond motifs is 3. The van der Waals surface area contributed by atoms with Crippen molar-refractivity contribution < 1.29 is 27.8 Å². The van der Waals surface area contributed by atoms with Crippen molar-refractivity contribution in [1.82, 2.24) is 5.32 Å². The van der Waals surface area contributed by atoms with Gasteiger partial charge in [0.15, 0.2) is 0 Å². The van der Waals surface area contributed by atoms with E-state index < -0.39 is 16.1 Å². The Balaban J connectivity index is 1.48. The van der Waals surface area contributed by atoms with E-state index in [1.165, 1.54) is 12.8 Å². The molecule has 1 amide bonds. The Morgan fingerprint density at radius 2 is 2.11 bits per heavy atom. The predicted molar refractivity (Wildman–Crippen MR) is 103 cm³/mol. The number of carbonyl (C=O) groups is 1. The molecule has 1 saturated heterocycles. The van der Waals surface area contributed by atoms with Crippen LogP contribution in [0.15, 0.2) is 18.2 Å². The van der Waals surface area contributed by atoms with Crippen molar-refractivity contribution in [3.05, 3.63) is 23.8 Å². The molecule has 1 aromatic rings. The van der Waals surface area contributed by atoms with Crippen LogP contribution in [0.2, 0.25) is 0 Å². The van der Waals surface area contributed by atoms with E-state index in [1.807, 2.05) is 0 Å². The lowest BCUT2D eigenvalue weighted by Crippen LogP contribution is -2.47. The van der Waals surface area contributed by atoms with E-state index in [1.54, 1.807) is 18.2 Å². The van der Waals surface area contributed by atoms with E-state index >= 15 is 0 Å². The Morgan fingerprint density at radius 3 is 2.79 bits per heavy atom. The van der Waals surface area contributed by atoms with Gasteiger partial charge in [0.05, 0.1) is 25.4 Å². The van der Waals surface area contributed by atoms with Gasteiger partial charge in [-0.2, -0.15) is 0 Å². The number of ether oxygens (including phenoxy) is 2. The molecule has 28 heavy (non-hydrogen) atoms. The highest BCUT2D eigenvalue weighted by molar-refractivity contribution is 7.92. The summed E-state index contributed by atoms with van der Waals surface area (Å²) in [6, 6.07) is 5.15. The van der Waals surface area contributed by atoms with Gasteiger partial charge in [-0.25, -0.2) is 8.42 Å². The van der Waals surface area contributed by atoms with Gasteiger partial charge >= 0.3 is 0 Å². The monoisotopic (exact) mass is 410 g/mol. The fourth-order valence-corrected chi connectivity index (χ4v) is 4.58. The van der Waals surface area contributed by atoms with E-state index in [2.05, 4.69) is 10.0 Å². The van der Waals surface area contributed by atoms with Crippen LogP contribution in [-0.4, -0.2) is 57.2 Å². The summed E-state index contributed by atoms with van der Waals surface area (Å²) in [6.45, 7) is 0.511. The van der Waals surface area contributed by atoms with Crippen LogP contribution in [0.4, 0.5) is 5.69 Å². The number of carbonyl (C=O) groups excluding carboxylic acids is 1. The average Bonchev–Trinajstić information content (AvgIpc) is 3.39. The van der Waals surface area contributed by atoms with Crippen molar-refractivity contribution in [2.75, 3.05) is 24.1 Å². The van der Waals surface area contributed by atoms with Crippen molar-refractivity contribution in [3.63, 3.8) is 0 Å². The zero-order valence-corrected chi connectivity index (χ0v) is 16.6. The van der Waals surface area contributed by atoms with Crippen LogP contribution >= 0.6 is 0 Å². The molecule has 3 N–H and O–H groups in total. The van der Waals surface area contributed by atoms with Crippen molar-refractivity contribution in [2.24, 2.45) is 5.92 Å². The molecule has 2 fully saturated rings. The summed E-state index contributed by atoms with van der Waals surface area (Å²) < 4.78 is 37.5. The molecule has 0 spiro atoms. The minimum Gasteiger partial charge on any atom is -0.487 e. The number of sulfonamides is 1. The zero-order valence-electron chi connectivity index (χ0n) is 15.8. The molecule has 154 valence electrons. The minimum atomic E-state index is -3.38. The van der Waals surface area contributed by atoms with Gasteiger partial charge in [-0.05, 0) is 43.4 Å². The zero-order chi connectivity index (χ0) is 19.9. The lowest BCUT2D eigenvalue weighted by atomic mass is 9.84.